The Kier molecular flexibility index (Phi) is 4.80. The number of rotatable bonds is 4. The number of nitrogens with zero attached hydrogens (tertiary/aromatic N) is 1. The van der Waals surface area contributed by atoms with E-state index in [0.717, 1.165) is 5.56 Å². The van der Waals surface area contributed by atoms with Crippen molar-refractivity contribution in [1.29, 1.82) is 5.26 Å². The van der Waals surface area contributed by atoms with Crippen LogP contribution in [0.15, 0.2) is 42.5 Å². The lowest BCUT2D eigenvalue weighted by Crippen LogP contribution is -2.20. The Hall–Kier alpha value is -2.67. The third kappa shape index (κ3) is 4.17. The number of hydrogen-bond acceptors (Lipinski definition) is 3. The Morgan fingerprint density at radius 1 is 1.17 bits per heavy atom. The van der Waals surface area contributed by atoms with Gasteiger partial charge in [0.25, 0.3) is 0 Å². The second kappa shape index (κ2) is 6.62. The maximum absolute atomic E-state index is 14.1. The summed E-state index contributed by atoms with van der Waals surface area (Å²) in [7, 11) is 0. The summed E-state index contributed by atoms with van der Waals surface area (Å²) in [4.78, 5) is 12.1. The third-order valence-electron chi connectivity index (χ3n) is 3.35. The quantitative estimate of drug-likeness (QED) is 0.781. The van der Waals surface area contributed by atoms with Gasteiger partial charge in [-0.15, -0.1) is 0 Å². The van der Waals surface area contributed by atoms with E-state index in [-0.39, 0.29) is 18.1 Å². The number of carbonyl (C=O) groups is 1. The Bertz CT molecular complexity index is 752. The first-order valence-electron chi connectivity index (χ1n) is 7.27. The van der Waals surface area contributed by atoms with Gasteiger partial charge in [0.15, 0.2) is 17.3 Å². The van der Waals surface area contributed by atoms with Crippen molar-refractivity contribution >= 4 is 5.78 Å². The van der Waals surface area contributed by atoms with Crippen LogP contribution < -0.4 is 4.74 Å². The van der Waals surface area contributed by atoms with E-state index in [1.807, 2.05) is 6.07 Å². The highest BCUT2D eigenvalue weighted by atomic mass is 19.1. The molecule has 0 aromatic heterocycles. The Morgan fingerprint density at radius 2 is 1.83 bits per heavy atom. The topological polar surface area (TPSA) is 50.1 Å². The minimum Gasteiger partial charge on any atom is -0.486 e. The number of ether oxygens (including phenoxy) is 1. The van der Waals surface area contributed by atoms with Crippen molar-refractivity contribution < 1.29 is 13.9 Å². The van der Waals surface area contributed by atoms with E-state index in [0.29, 0.717) is 11.1 Å². The second-order valence-electron chi connectivity index (χ2n) is 6.32. The number of hydrogen-bond donors (Lipinski definition) is 0. The molecule has 0 aliphatic rings. The van der Waals surface area contributed by atoms with Gasteiger partial charge in [-0.3, -0.25) is 4.79 Å². The first-order chi connectivity index (χ1) is 10.8. The van der Waals surface area contributed by atoms with Crippen molar-refractivity contribution in [3.63, 3.8) is 0 Å². The molecular weight excluding hydrogens is 293 g/mol. The fourth-order valence-corrected chi connectivity index (χ4v) is 2.03. The van der Waals surface area contributed by atoms with Gasteiger partial charge in [0.2, 0.25) is 0 Å². The molecule has 0 radical (unpaired) electrons. The van der Waals surface area contributed by atoms with Gasteiger partial charge >= 0.3 is 0 Å². The smallest absolute Gasteiger partial charge is 0.168 e. The van der Waals surface area contributed by atoms with Gasteiger partial charge < -0.3 is 4.74 Å². The van der Waals surface area contributed by atoms with Crippen LogP contribution in [-0.4, -0.2) is 5.78 Å². The van der Waals surface area contributed by atoms with Gasteiger partial charge in [0.05, 0.1) is 11.6 Å². The summed E-state index contributed by atoms with van der Waals surface area (Å²) in [5.41, 5.74) is 1.17. The molecule has 0 aliphatic carbocycles. The zero-order chi connectivity index (χ0) is 17.0. The summed E-state index contributed by atoms with van der Waals surface area (Å²) in [5, 5.41) is 8.74. The zero-order valence-corrected chi connectivity index (χ0v) is 13.4. The number of Topliss-reactive ketones (excluding diaryl/α,β-unsaturated/α-hetero) is 1. The monoisotopic (exact) mass is 311 g/mol. The van der Waals surface area contributed by atoms with Crippen molar-refractivity contribution in [3.8, 4) is 11.8 Å². The van der Waals surface area contributed by atoms with E-state index in [1.54, 1.807) is 51.1 Å². The lowest BCUT2D eigenvalue weighted by molar-refractivity contribution is 0.0857. The number of ketones is 1. The largest absolute Gasteiger partial charge is 0.486 e. The predicted octanol–water partition coefficient (Wildman–Crippen LogP) is 4.51. The maximum atomic E-state index is 14.1. The molecule has 0 atom stereocenters. The molecule has 2 rings (SSSR count). The predicted molar refractivity (Wildman–Crippen MR) is 85.7 cm³/mol. The summed E-state index contributed by atoms with van der Waals surface area (Å²) in [6.07, 6.45) is 0. The molecule has 118 valence electrons. The highest BCUT2D eigenvalue weighted by Crippen LogP contribution is 2.25. The van der Waals surface area contributed by atoms with Crippen LogP contribution in [0.25, 0.3) is 0 Å². The van der Waals surface area contributed by atoms with E-state index in [1.165, 1.54) is 12.1 Å². The Labute approximate surface area is 135 Å². The van der Waals surface area contributed by atoms with Gasteiger partial charge in [0, 0.05) is 11.0 Å². The maximum Gasteiger partial charge on any atom is 0.168 e. The SMILES string of the molecule is CC(C)(C)C(=O)c1ccc(OCc2ccc(C#N)cc2)c(F)c1. The van der Waals surface area contributed by atoms with Gasteiger partial charge in [-0.2, -0.15) is 5.26 Å². The molecule has 0 bridgehead atoms. The van der Waals surface area contributed by atoms with Crippen molar-refractivity contribution in [2.45, 2.75) is 27.4 Å². The van der Waals surface area contributed by atoms with Gasteiger partial charge in [-0.25, -0.2) is 4.39 Å². The fourth-order valence-electron chi connectivity index (χ4n) is 2.03. The zero-order valence-electron chi connectivity index (χ0n) is 13.4. The fraction of sp³-hybridized carbons (Fsp3) is 0.263. The molecule has 0 saturated carbocycles. The van der Waals surface area contributed by atoms with E-state index in [9.17, 15) is 9.18 Å². The number of benzene rings is 2. The summed E-state index contributed by atoms with van der Waals surface area (Å²) in [5.74, 6) is -0.580. The van der Waals surface area contributed by atoms with Crippen LogP contribution >= 0.6 is 0 Å². The molecule has 0 aliphatic heterocycles. The number of nitriles is 1. The molecule has 2 aromatic carbocycles. The Morgan fingerprint density at radius 3 is 2.35 bits per heavy atom. The minimum atomic E-state index is -0.561. The van der Waals surface area contributed by atoms with E-state index in [4.69, 9.17) is 10.00 Å². The van der Waals surface area contributed by atoms with Crippen LogP contribution in [0.1, 0.15) is 42.3 Å². The number of halogens is 1. The third-order valence-corrected chi connectivity index (χ3v) is 3.35. The molecular formula is C19H18FNO2. The Balaban J connectivity index is 2.09. The molecule has 3 nitrogen and oxygen atoms in total. The molecule has 0 spiro atoms. The van der Waals surface area contributed by atoms with Crippen LogP contribution in [-0.2, 0) is 6.61 Å². The van der Waals surface area contributed by atoms with Crippen LogP contribution in [0, 0.1) is 22.6 Å². The van der Waals surface area contributed by atoms with Crippen molar-refractivity contribution in [1.82, 2.24) is 0 Å². The minimum absolute atomic E-state index is 0.0971. The van der Waals surface area contributed by atoms with E-state index in [2.05, 4.69) is 0 Å². The van der Waals surface area contributed by atoms with Crippen molar-refractivity contribution in [2.75, 3.05) is 0 Å². The molecule has 0 fully saturated rings. The van der Waals surface area contributed by atoms with Crippen LogP contribution in [0.3, 0.4) is 0 Å². The summed E-state index contributed by atoms with van der Waals surface area (Å²) >= 11 is 0. The molecule has 0 saturated heterocycles. The average molecular weight is 311 g/mol. The lowest BCUT2D eigenvalue weighted by atomic mass is 9.86. The molecule has 23 heavy (non-hydrogen) atoms. The summed E-state index contributed by atoms with van der Waals surface area (Å²) < 4.78 is 19.5. The van der Waals surface area contributed by atoms with Crippen molar-refractivity contribution in [3.05, 3.63) is 65.0 Å². The van der Waals surface area contributed by atoms with Crippen LogP contribution in [0.4, 0.5) is 4.39 Å². The first kappa shape index (κ1) is 16.7. The second-order valence-corrected chi connectivity index (χ2v) is 6.32. The lowest BCUT2D eigenvalue weighted by Gasteiger charge is -2.17. The van der Waals surface area contributed by atoms with Crippen LogP contribution in [0.5, 0.6) is 5.75 Å². The summed E-state index contributed by atoms with van der Waals surface area (Å²) in [6.45, 7) is 5.57. The molecule has 0 unspecified atom stereocenters. The molecule has 4 heteroatoms. The first-order valence-corrected chi connectivity index (χ1v) is 7.27. The highest BCUT2D eigenvalue weighted by molar-refractivity contribution is 5.99. The number of carbonyl (C=O) groups excluding carboxylic acids is 1. The summed E-state index contributed by atoms with van der Waals surface area (Å²) in [6, 6.07) is 13.2. The van der Waals surface area contributed by atoms with Gasteiger partial charge in [0.1, 0.15) is 6.61 Å². The average Bonchev–Trinajstić information content (AvgIpc) is 2.52. The molecule has 0 amide bonds. The molecule has 0 heterocycles. The molecule has 0 N–H and O–H groups in total. The molecule has 2 aromatic rings. The standard InChI is InChI=1S/C19H18FNO2/c1-19(2,3)18(22)15-8-9-17(16(20)10-15)23-12-14-6-4-13(11-21)5-7-14/h4-10H,12H2,1-3H3. The highest BCUT2D eigenvalue weighted by Gasteiger charge is 2.23. The van der Waals surface area contributed by atoms with Crippen molar-refractivity contribution in [2.24, 2.45) is 5.41 Å². The van der Waals surface area contributed by atoms with Gasteiger partial charge in [-0.1, -0.05) is 32.9 Å². The van der Waals surface area contributed by atoms with E-state index >= 15 is 0 Å². The normalized spacial score (nSPS) is 10.9. The van der Waals surface area contributed by atoms with Crippen LogP contribution in [0.2, 0.25) is 0 Å². The van der Waals surface area contributed by atoms with E-state index < -0.39 is 11.2 Å². The van der Waals surface area contributed by atoms with Gasteiger partial charge in [-0.05, 0) is 35.9 Å².